The Bertz CT molecular complexity index is 585. The van der Waals surface area contributed by atoms with E-state index in [-0.39, 0.29) is 5.92 Å². The van der Waals surface area contributed by atoms with E-state index in [4.69, 9.17) is 9.78 Å². The van der Waals surface area contributed by atoms with Gasteiger partial charge in [0.25, 0.3) is 0 Å². The van der Waals surface area contributed by atoms with E-state index in [1.54, 1.807) is 6.20 Å². The first-order valence-corrected chi connectivity index (χ1v) is 6.40. The summed E-state index contributed by atoms with van der Waals surface area (Å²) in [6, 6.07) is 4.02. The lowest BCUT2D eigenvalue weighted by Crippen LogP contribution is -1.94. The van der Waals surface area contributed by atoms with Gasteiger partial charge in [-0.3, -0.25) is 4.98 Å². The highest BCUT2D eigenvalue weighted by atomic mass is 16.5. The van der Waals surface area contributed by atoms with Crippen LogP contribution in [0.1, 0.15) is 44.1 Å². The lowest BCUT2D eigenvalue weighted by molar-refractivity contribution is 0.355. The van der Waals surface area contributed by atoms with Gasteiger partial charge in [0.2, 0.25) is 11.7 Å². The molecule has 0 fully saturated rings. The summed E-state index contributed by atoms with van der Waals surface area (Å²) in [6.45, 7) is 4.05. The van der Waals surface area contributed by atoms with Gasteiger partial charge in [-0.1, -0.05) is 19.0 Å². The van der Waals surface area contributed by atoms with Crippen molar-refractivity contribution >= 4 is 0 Å². The van der Waals surface area contributed by atoms with Crippen LogP contribution < -0.4 is 0 Å². The predicted octanol–water partition coefficient (Wildman–Crippen LogP) is 3.10. The molecular weight excluding hydrogens is 240 g/mol. The van der Waals surface area contributed by atoms with Crippen molar-refractivity contribution in [3.05, 3.63) is 29.9 Å². The molecule has 0 radical (unpaired) electrons. The van der Waals surface area contributed by atoms with Gasteiger partial charge in [-0.2, -0.15) is 10.2 Å². The smallest absolute Gasteiger partial charge is 0.229 e. The average molecular weight is 256 g/mol. The largest absolute Gasteiger partial charge is 0.339 e. The first-order valence-electron chi connectivity index (χ1n) is 6.40. The van der Waals surface area contributed by atoms with E-state index in [1.807, 2.05) is 19.2 Å². The Labute approximate surface area is 112 Å². The Kier molecular flexibility index (Phi) is 4.24. The molecule has 5 nitrogen and oxygen atoms in total. The summed E-state index contributed by atoms with van der Waals surface area (Å²) in [5.41, 5.74) is 2.06. The van der Waals surface area contributed by atoms with Crippen molar-refractivity contribution in [1.82, 2.24) is 15.1 Å². The maximum absolute atomic E-state index is 8.59. The summed E-state index contributed by atoms with van der Waals surface area (Å²) in [7, 11) is 0. The molecule has 0 spiro atoms. The lowest BCUT2D eigenvalue weighted by Gasteiger charge is -2.02. The molecule has 19 heavy (non-hydrogen) atoms. The minimum Gasteiger partial charge on any atom is -0.339 e. The van der Waals surface area contributed by atoms with Crippen LogP contribution in [0.15, 0.2) is 23.0 Å². The fraction of sp³-hybridized carbons (Fsp3) is 0.429. The van der Waals surface area contributed by atoms with Crippen LogP contribution in [0.4, 0.5) is 0 Å². The highest BCUT2D eigenvalue weighted by molar-refractivity contribution is 5.58. The minimum absolute atomic E-state index is 0.104. The first-order chi connectivity index (χ1) is 9.26. The number of aromatic nitrogens is 3. The third-order valence-electron chi connectivity index (χ3n) is 3.08. The van der Waals surface area contributed by atoms with Crippen LogP contribution in [0.3, 0.4) is 0 Å². The van der Waals surface area contributed by atoms with Crippen molar-refractivity contribution in [2.75, 3.05) is 0 Å². The van der Waals surface area contributed by atoms with Crippen LogP contribution in [0.5, 0.6) is 0 Å². The fourth-order valence-electron chi connectivity index (χ4n) is 1.88. The summed E-state index contributed by atoms with van der Waals surface area (Å²) >= 11 is 0. The summed E-state index contributed by atoms with van der Waals surface area (Å²) in [4.78, 5) is 8.53. The molecule has 2 aromatic rings. The van der Waals surface area contributed by atoms with Crippen molar-refractivity contribution in [2.24, 2.45) is 0 Å². The zero-order valence-corrected chi connectivity index (χ0v) is 11.1. The number of aryl methyl sites for hydroxylation is 1. The molecule has 1 atom stereocenters. The Hall–Kier alpha value is -2.22. The highest BCUT2D eigenvalue weighted by Gasteiger charge is 2.16. The van der Waals surface area contributed by atoms with Crippen LogP contribution in [0.2, 0.25) is 0 Å². The molecule has 2 heterocycles. The summed E-state index contributed by atoms with van der Waals surface area (Å²) < 4.78 is 5.29. The van der Waals surface area contributed by atoms with Crippen LogP contribution in [-0.2, 0) is 6.42 Å². The topological polar surface area (TPSA) is 75.6 Å². The molecule has 98 valence electrons. The molecule has 5 heteroatoms. The van der Waals surface area contributed by atoms with Crippen molar-refractivity contribution < 1.29 is 4.52 Å². The van der Waals surface area contributed by atoms with E-state index >= 15 is 0 Å². The second kappa shape index (κ2) is 6.10. The summed E-state index contributed by atoms with van der Waals surface area (Å²) in [6.07, 6.45) is 5.65. The molecule has 0 bridgehead atoms. The zero-order chi connectivity index (χ0) is 13.7. The standard InChI is InChI=1S/C14H16N4O/c1-3-11-9-16-8-6-12(11)13-17-14(19-18-13)10(2)5-4-7-15/h6,8-10H,3-5H2,1-2H3. The van der Waals surface area contributed by atoms with E-state index < -0.39 is 0 Å². The fourth-order valence-corrected chi connectivity index (χ4v) is 1.88. The van der Waals surface area contributed by atoms with E-state index in [0.29, 0.717) is 18.1 Å². The lowest BCUT2D eigenvalue weighted by atomic mass is 10.1. The molecular formula is C14H16N4O. The molecule has 0 aromatic carbocycles. The van der Waals surface area contributed by atoms with E-state index in [9.17, 15) is 0 Å². The second-order valence-corrected chi connectivity index (χ2v) is 4.44. The normalized spacial score (nSPS) is 12.1. The van der Waals surface area contributed by atoms with Crippen LogP contribution in [0, 0.1) is 11.3 Å². The quantitative estimate of drug-likeness (QED) is 0.821. The monoisotopic (exact) mass is 256 g/mol. The third-order valence-corrected chi connectivity index (χ3v) is 3.08. The van der Waals surface area contributed by atoms with Crippen LogP contribution >= 0.6 is 0 Å². The Morgan fingerprint density at radius 3 is 3.05 bits per heavy atom. The van der Waals surface area contributed by atoms with Crippen molar-refractivity contribution in [2.45, 2.75) is 39.0 Å². The predicted molar refractivity (Wildman–Crippen MR) is 70.2 cm³/mol. The molecule has 0 N–H and O–H groups in total. The number of hydrogen-bond donors (Lipinski definition) is 0. The Balaban J connectivity index is 2.23. The van der Waals surface area contributed by atoms with Gasteiger partial charge < -0.3 is 4.52 Å². The Morgan fingerprint density at radius 1 is 1.47 bits per heavy atom. The van der Waals surface area contributed by atoms with Crippen LogP contribution in [0.25, 0.3) is 11.4 Å². The number of pyridine rings is 1. The van der Waals surface area contributed by atoms with Gasteiger partial charge >= 0.3 is 0 Å². The van der Waals surface area contributed by atoms with Crippen molar-refractivity contribution in [3.63, 3.8) is 0 Å². The SMILES string of the molecule is CCc1cnccc1-c1noc(C(C)CCC#N)n1. The minimum atomic E-state index is 0.104. The number of hydrogen-bond acceptors (Lipinski definition) is 5. The molecule has 0 saturated heterocycles. The van der Waals surface area contributed by atoms with Gasteiger partial charge in [0.05, 0.1) is 6.07 Å². The third kappa shape index (κ3) is 2.97. The van der Waals surface area contributed by atoms with E-state index in [0.717, 1.165) is 24.0 Å². The molecule has 0 aliphatic rings. The zero-order valence-electron chi connectivity index (χ0n) is 11.1. The molecule has 0 aliphatic carbocycles. The maximum Gasteiger partial charge on any atom is 0.229 e. The molecule has 1 unspecified atom stereocenters. The van der Waals surface area contributed by atoms with Crippen molar-refractivity contribution in [1.29, 1.82) is 5.26 Å². The van der Waals surface area contributed by atoms with Gasteiger partial charge in [-0.25, -0.2) is 0 Å². The number of nitriles is 1. The van der Waals surface area contributed by atoms with Crippen LogP contribution in [-0.4, -0.2) is 15.1 Å². The van der Waals surface area contributed by atoms with Gasteiger partial charge in [-0.05, 0) is 24.5 Å². The number of rotatable bonds is 5. The number of nitrogens with zero attached hydrogens (tertiary/aromatic N) is 4. The summed E-state index contributed by atoms with van der Waals surface area (Å²) in [5, 5.41) is 12.6. The Morgan fingerprint density at radius 2 is 2.32 bits per heavy atom. The summed E-state index contributed by atoms with van der Waals surface area (Å²) in [5.74, 6) is 1.29. The second-order valence-electron chi connectivity index (χ2n) is 4.44. The molecule has 2 rings (SSSR count). The van der Waals surface area contributed by atoms with Gasteiger partial charge in [0, 0.05) is 30.3 Å². The van der Waals surface area contributed by atoms with Crippen molar-refractivity contribution in [3.8, 4) is 17.5 Å². The molecule has 0 saturated carbocycles. The van der Waals surface area contributed by atoms with E-state index in [2.05, 4.69) is 28.1 Å². The van der Waals surface area contributed by atoms with E-state index in [1.165, 1.54) is 0 Å². The first kappa shape index (κ1) is 13.2. The molecule has 0 aliphatic heterocycles. The van der Waals surface area contributed by atoms with Gasteiger partial charge in [0.1, 0.15) is 0 Å². The molecule has 2 aromatic heterocycles. The highest BCUT2D eigenvalue weighted by Crippen LogP contribution is 2.24. The molecule has 0 amide bonds. The van der Waals surface area contributed by atoms with Gasteiger partial charge in [0.15, 0.2) is 0 Å². The maximum atomic E-state index is 8.59. The van der Waals surface area contributed by atoms with Gasteiger partial charge in [-0.15, -0.1) is 0 Å². The average Bonchev–Trinajstić information content (AvgIpc) is 2.94.